The highest BCUT2D eigenvalue weighted by Gasteiger charge is 2.40. The Balaban J connectivity index is 2.07. The van der Waals surface area contributed by atoms with Gasteiger partial charge in [-0.3, -0.25) is 14.3 Å². The van der Waals surface area contributed by atoms with Crippen LogP contribution < -0.4 is 0 Å². The van der Waals surface area contributed by atoms with E-state index in [4.69, 9.17) is 0 Å². The van der Waals surface area contributed by atoms with Gasteiger partial charge < -0.3 is 0 Å². The molecular weight excluding hydrogens is 260 g/mol. The van der Waals surface area contributed by atoms with Crippen molar-refractivity contribution >= 4 is 16.8 Å². The topological polar surface area (TPSA) is 25.2 Å². The molecule has 0 bridgehead atoms. The fourth-order valence-corrected chi connectivity index (χ4v) is 4.20. The molecule has 2 aromatic rings. The van der Waals surface area contributed by atoms with Crippen LogP contribution in [0.2, 0.25) is 0 Å². The number of carbonyl (C=O) groups is 1. The first-order valence-electron chi connectivity index (χ1n) is 7.84. The van der Waals surface area contributed by atoms with E-state index < -0.39 is 0 Å². The fraction of sp³-hybridized carbons (Fsp3) is 0.500. The van der Waals surface area contributed by atoms with Crippen LogP contribution in [-0.2, 0) is 6.42 Å². The Bertz CT molecular complexity index is 741. The molecule has 1 aromatic heterocycles. The van der Waals surface area contributed by atoms with Gasteiger partial charge in [-0.1, -0.05) is 32.0 Å². The Kier molecular flexibility index (Phi) is 2.62. The van der Waals surface area contributed by atoms with Gasteiger partial charge in [-0.15, -0.1) is 0 Å². The first kappa shape index (κ1) is 13.1. The van der Waals surface area contributed by atoms with E-state index in [9.17, 15) is 4.79 Å². The first-order chi connectivity index (χ1) is 9.98. The molecule has 0 N–H and O–H groups in total. The normalized spacial score (nSPS) is 24.9. The number of carbonyl (C=O) groups excluding carboxylic acids is 1. The van der Waals surface area contributed by atoms with E-state index in [2.05, 4.69) is 44.0 Å². The molecule has 21 heavy (non-hydrogen) atoms. The maximum atomic E-state index is 12.9. The highest BCUT2D eigenvalue weighted by atomic mass is 16.2. The van der Waals surface area contributed by atoms with Crippen molar-refractivity contribution in [3.8, 4) is 0 Å². The van der Waals surface area contributed by atoms with Crippen LogP contribution in [0.4, 0.5) is 0 Å². The SMILES string of the molecule is CN1CCc2c3n(c4ccccc24)C(=O)CC(C)(C)CC31. The molecule has 3 nitrogen and oxygen atoms in total. The number of hydrogen-bond donors (Lipinski definition) is 0. The van der Waals surface area contributed by atoms with Gasteiger partial charge in [-0.2, -0.15) is 0 Å². The van der Waals surface area contributed by atoms with Crippen LogP contribution in [0.5, 0.6) is 0 Å². The second kappa shape index (κ2) is 4.20. The van der Waals surface area contributed by atoms with E-state index in [1.165, 1.54) is 16.6 Å². The van der Waals surface area contributed by atoms with Crippen LogP contribution in [0.3, 0.4) is 0 Å². The van der Waals surface area contributed by atoms with Crippen molar-refractivity contribution in [2.24, 2.45) is 5.41 Å². The third-order valence-electron chi connectivity index (χ3n) is 5.21. The molecule has 1 unspecified atom stereocenters. The van der Waals surface area contributed by atoms with Gasteiger partial charge in [-0.05, 0) is 36.9 Å². The average Bonchev–Trinajstić information content (AvgIpc) is 2.70. The van der Waals surface area contributed by atoms with Crippen LogP contribution in [0, 0.1) is 5.41 Å². The summed E-state index contributed by atoms with van der Waals surface area (Å²) in [4.78, 5) is 15.3. The molecular formula is C18H22N2O. The molecule has 2 aliphatic rings. The molecule has 0 fully saturated rings. The number of aromatic nitrogens is 1. The molecule has 4 rings (SSSR count). The number of rotatable bonds is 0. The van der Waals surface area contributed by atoms with E-state index in [-0.39, 0.29) is 11.3 Å². The smallest absolute Gasteiger partial charge is 0.231 e. The standard InChI is InChI=1S/C18H22N2O/c1-18(2)10-15-17-13(8-9-19(15)3)12-6-4-5-7-14(12)20(17)16(21)11-18/h4-7,15H,8-11H2,1-3H3. The summed E-state index contributed by atoms with van der Waals surface area (Å²) >= 11 is 0. The summed E-state index contributed by atoms with van der Waals surface area (Å²) < 4.78 is 2.03. The summed E-state index contributed by atoms with van der Waals surface area (Å²) in [6, 6.07) is 8.76. The Hall–Kier alpha value is -1.61. The van der Waals surface area contributed by atoms with E-state index >= 15 is 0 Å². The van der Waals surface area contributed by atoms with Gasteiger partial charge in [0.05, 0.1) is 11.6 Å². The molecule has 0 amide bonds. The average molecular weight is 282 g/mol. The van der Waals surface area contributed by atoms with Crippen molar-refractivity contribution in [1.29, 1.82) is 0 Å². The predicted octanol–water partition coefficient (Wildman–Crippen LogP) is 3.63. The van der Waals surface area contributed by atoms with E-state index in [1.54, 1.807) is 0 Å². The van der Waals surface area contributed by atoms with E-state index in [0.29, 0.717) is 12.5 Å². The van der Waals surface area contributed by atoms with Crippen molar-refractivity contribution in [3.05, 3.63) is 35.5 Å². The molecule has 1 atom stereocenters. The van der Waals surface area contributed by atoms with Crippen molar-refractivity contribution < 1.29 is 4.79 Å². The van der Waals surface area contributed by atoms with Crippen molar-refractivity contribution in [2.75, 3.05) is 13.6 Å². The summed E-state index contributed by atoms with van der Waals surface area (Å²) in [5, 5.41) is 1.28. The molecule has 0 saturated carbocycles. The van der Waals surface area contributed by atoms with Gasteiger partial charge in [0, 0.05) is 24.0 Å². The number of fused-ring (bicyclic) bond motifs is 3. The fourth-order valence-electron chi connectivity index (χ4n) is 4.20. The lowest BCUT2D eigenvalue weighted by Crippen LogP contribution is -2.34. The van der Waals surface area contributed by atoms with Gasteiger partial charge in [0.1, 0.15) is 0 Å². The summed E-state index contributed by atoms with van der Waals surface area (Å²) in [6.07, 6.45) is 2.73. The highest BCUT2D eigenvalue weighted by Crippen LogP contribution is 2.45. The lowest BCUT2D eigenvalue weighted by Gasteiger charge is -2.36. The van der Waals surface area contributed by atoms with Gasteiger partial charge in [0.15, 0.2) is 0 Å². The van der Waals surface area contributed by atoms with Gasteiger partial charge in [0.25, 0.3) is 0 Å². The summed E-state index contributed by atoms with van der Waals surface area (Å²) in [5.41, 5.74) is 3.83. The van der Waals surface area contributed by atoms with Crippen molar-refractivity contribution in [1.82, 2.24) is 9.47 Å². The minimum atomic E-state index is 0.0603. The van der Waals surface area contributed by atoms with Gasteiger partial charge in [-0.25, -0.2) is 0 Å². The summed E-state index contributed by atoms with van der Waals surface area (Å²) in [7, 11) is 2.20. The van der Waals surface area contributed by atoms with Crippen molar-refractivity contribution in [3.63, 3.8) is 0 Å². The second-order valence-corrected chi connectivity index (χ2v) is 7.40. The Labute approximate surface area is 125 Å². The van der Waals surface area contributed by atoms with Gasteiger partial charge >= 0.3 is 0 Å². The monoisotopic (exact) mass is 282 g/mol. The lowest BCUT2D eigenvalue weighted by atomic mass is 9.80. The second-order valence-electron chi connectivity index (χ2n) is 7.40. The molecule has 0 spiro atoms. The minimum Gasteiger partial charge on any atom is -0.298 e. The maximum Gasteiger partial charge on any atom is 0.231 e. The predicted molar refractivity (Wildman–Crippen MR) is 84.7 cm³/mol. The molecule has 3 heteroatoms. The van der Waals surface area contributed by atoms with Gasteiger partial charge in [0.2, 0.25) is 5.91 Å². The molecule has 0 radical (unpaired) electrons. The van der Waals surface area contributed by atoms with E-state index in [0.717, 1.165) is 24.9 Å². The Morgan fingerprint density at radius 2 is 2.00 bits per heavy atom. The zero-order valence-electron chi connectivity index (χ0n) is 13.0. The van der Waals surface area contributed by atoms with Crippen LogP contribution in [0.25, 0.3) is 10.9 Å². The summed E-state index contributed by atoms with van der Waals surface area (Å²) in [5.74, 6) is 0.259. The Morgan fingerprint density at radius 3 is 2.81 bits per heavy atom. The third kappa shape index (κ3) is 1.80. The molecule has 0 saturated heterocycles. The van der Waals surface area contributed by atoms with Crippen LogP contribution in [0.15, 0.2) is 24.3 Å². The number of benzene rings is 1. The van der Waals surface area contributed by atoms with E-state index in [1.807, 2.05) is 10.6 Å². The molecule has 110 valence electrons. The number of hydrogen-bond acceptors (Lipinski definition) is 2. The third-order valence-corrected chi connectivity index (χ3v) is 5.21. The maximum absolute atomic E-state index is 12.9. The zero-order chi connectivity index (χ0) is 14.8. The molecule has 2 aliphatic heterocycles. The van der Waals surface area contributed by atoms with Crippen molar-refractivity contribution in [2.45, 2.75) is 39.2 Å². The summed E-state index contributed by atoms with van der Waals surface area (Å²) in [6.45, 7) is 5.53. The largest absolute Gasteiger partial charge is 0.298 e. The minimum absolute atomic E-state index is 0.0603. The van der Waals surface area contributed by atoms with Crippen LogP contribution in [0.1, 0.15) is 48.8 Å². The highest BCUT2D eigenvalue weighted by molar-refractivity contribution is 5.97. The van der Waals surface area contributed by atoms with Crippen LogP contribution >= 0.6 is 0 Å². The molecule has 3 heterocycles. The number of nitrogens with zero attached hydrogens (tertiary/aromatic N) is 2. The first-order valence-corrected chi connectivity index (χ1v) is 7.84. The number of likely N-dealkylation sites (N-methyl/N-ethyl adjacent to an activating group) is 1. The molecule has 1 aromatic carbocycles. The number of para-hydroxylation sites is 1. The lowest BCUT2D eigenvalue weighted by molar-refractivity contribution is 0.0855. The van der Waals surface area contributed by atoms with Crippen LogP contribution in [-0.4, -0.2) is 29.0 Å². The molecule has 0 aliphatic carbocycles. The Morgan fingerprint density at radius 1 is 1.24 bits per heavy atom. The quantitative estimate of drug-likeness (QED) is 0.737. The zero-order valence-corrected chi connectivity index (χ0v) is 13.0.